The first-order chi connectivity index (χ1) is 8.19. The number of amides is 2. The standard InChI is InChI=1S/C12H19NO5/c1-12(2,3)18-11(17)13-9(14)7-4-5-8(6-7)10(15)16/h7-8H,4-6H2,1-3H3,(H,15,16)(H,13,14,17). The summed E-state index contributed by atoms with van der Waals surface area (Å²) in [7, 11) is 0. The molecular weight excluding hydrogens is 238 g/mol. The Bertz CT molecular complexity index is 358. The lowest BCUT2D eigenvalue weighted by Gasteiger charge is -2.20. The van der Waals surface area contributed by atoms with Crippen LogP contribution in [0.25, 0.3) is 0 Å². The second-order valence-electron chi connectivity index (χ2n) is 5.54. The van der Waals surface area contributed by atoms with Crippen LogP contribution in [0.15, 0.2) is 0 Å². The van der Waals surface area contributed by atoms with Gasteiger partial charge in [-0.15, -0.1) is 0 Å². The van der Waals surface area contributed by atoms with Crippen molar-refractivity contribution in [3.05, 3.63) is 0 Å². The van der Waals surface area contributed by atoms with Crippen molar-refractivity contribution < 1.29 is 24.2 Å². The molecule has 1 rings (SSSR count). The van der Waals surface area contributed by atoms with Crippen molar-refractivity contribution in [2.24, 2.45) is 11.8 Å². The minimum Gasteiger partial charge on any atom is -0.481 e. The van der Waals surface area contributed by atoms with E-state index in [0.717, 1.165) is 0 Å². The van der Waals surface area contributed by atoms with E-state index in [9.17, 15) is 14.4 Å². The van der Waals surface area contributed by atoms with Crippen LogP contribution < -0.4 is 5.32 Å². The maximum absolute atomic E-state index is 11.7. The van der Waals surface area contributed by atoms with E-state index in [0.29, 0.717) is 12.8 Å². The number of rotatable bonds is 2. The molecule has 0 saturated heterocycles. The maximum atomic E-state index is 11.7. The zero-order valence-electron chi connectivity index (χ0n) is 10.9. The molecule has 102 valence electrons. The number of nitrogens with one attached hydrogen (secondary N) is 1. The van der Waals surface area contributed by atoms with Crippen LogP contribution in [-0.4, -0.2) is 28.7 Å². The molecule has 1 saturated carbocycles. The molecule has 0 aliphatic heterocycles. The molecule has 0 heterocycles. The third-order valence-corrected chi connectivity index (χ3v) is 2.78. The van der Waals surface area contributed by atoms with Gasteiger partial charge >= 0.3 is 12.1 Å². The lowest BCUT2D eigenvalue weighted by atomic mass is 10.0. The number of carboxylic acids is 1. The molecule has 1 aliphatic rings. The van der Waals surface area contributed by atoms with Crippen molar-refractivity contribution in [3.63, 3.8) is 0 Å². The zero-order chi connectivity index (χ0) is 13.9. The van der Waals surface area contributed by atoms with Gasteiger partial charge in [0.1, 0.15) is 5.60 Å². The number of aliphatic carboxylic acids is 1. The van der Waals surface area contributed by atoms with Crippen LogP contribution >= 0.6 is 0 Å². The minimum atomic E-state index is -0.887. The summed E-state index contributed by atoms with van der Waals surface area (Å²) in [5.74, 6) is -2.24. The van der Waals surface area contributed by atoms with Crippen molar-refractivity contribution in [2.45, 2.75) is 45.6 Å². The Morgan fingerprint density at radius 2 is 1.72 bits per heavy atom. The monoisotopic (exact) mass is 257 g/mol. The molecule has 0 spiro atoms. The number of carboxylic acid groups (broad SMARTS) is 1. The molecule has 0 aromatic rings. The second kappa shape index (κ2) is 5.37. The SMILES string of the molecule is CC(C)(C)OC(=O)NC(=O)C1CCC(C(=O)O)C1. The normalized spacial score (nSPS) is 23.5. The third kappa shape index (κ3) is 4.35. The molecular formula is C12H19NO5. The predicted octanol–water partition coefficient (Wildman–Crippen LogP) is 1.54. The van der Waals surface area contributed by atoms with Crippen LogP contribution in [0.2, 0.25) is 0 Å². The molecule has 0 radical (unpaired) electrons. The summed E-state index contributed by atoms with van der Waals surface area (Å²) in [6, 6.07) is 0. The molecule has 2 N–H and O–H groups in total. The smallest absolute Gasteiger partial charge is 0.414 e. The number of hydrogen-bond acceptors (Lipinski definition) is 4. The fourth-order valence-corrected chi connectivity index (χ4v) is 1.95. The summed E-state index contributed by atoms with van der Waals surface area (Å²) < 4.78 is 4.96. The summed E-state index contributed by atoms with van der Waals surface area (Å²) in [6.07, 6.45) is 0.461. The quantitative estimate of drug-likeness (QED) is 0.782. The summed E-state index contributed by atoms with van der Waals surface area (Å²) in [6.45, 7) is 5.10. The Morgan fingerprint density at radius 3 is 2.17 bits per heavy atom. The third-order valence-electron chi connectivity index (χ3n) is 2.78. The topological polar surface area (TPSA) is 92.7 Å². The van der Waals surface area contributed by atoms with Gasteiger partial charge in [-0.3, -0.25) is 14.9 Å². The highest BCUT2D eigenvalue weighted by Gasteiger charge is 2.34. The number of carbonyl (C=O) groups excluding carboxylic acids is 2. The summed E-state index contributed by atoms with van der Waals surface area (Å²) in [5.41, 5.74) is -0.663. The Hall–Kier alpha value is -1.59. The Morgan fingerprint density at radius 1 is 1.17 bits per heavy atom. The van der Waals surface area contributed by atoms with Crippen LogP contribution in [0.5, 0.6) is 0 Å². The summed E-state index contributed by atoms with van der Waals surface area (Å²) in [5, 5.41) is 11.0. The summed E-state index contributed by atoms with van der Waals surface area (Å²) in [4.78, 5) is 33.8. The number of alkyl carbamates (subject to hydrolysis) is 1. The van der Waals surface area contributed by atoms with E-state index in [2.05, 4.69) is 5.32 Å². The van der Waals surface area contributed by atoms with Crippen LogP contribution in [0.3, 0.4) is 0 Å². The average molecular weight is 257 g/mol. The first-order valence-electron chi connectivity index (χ1n) is 5.95. The number of imide groups is 1. The Balaban J connectivity index is 2.43. The van der Waals surface area contributed by atoms with Crippen molar-refractivity contribution in [1.82, 2.24) is 5.32 Å². The molecule has 1 fully saturated rings. The fraction of sp³-hybridized carbons (Fsp3) is 0.750. The van der Waals surface area contributed by atoms with Gasteiger partial charge in [0.2, 0.25) is 5.91 Å². The van der Waals surface area contributed by atoms with E-state index < -0.39 is 35.4 Å². The molecule has 0 bridgehead atoms. The average Bonchev–Trinajstić information content (AvgIpc) is 2.62. The second-order valence-corrected chi connectivity index (χ2v) is 5.54. The number of carbonyl (C=O) groups is 3. The van der Waals surface area contributed by atoms with E-state index in [4.69, 9.17) is 9.84 Å². The van der Waals surface area contributed by atoms with Crippen LogP contribution in [0.1, 0.15) is 40.0 Å². The highest BCUT2D eigenvalue weighted by molar-refractivity contribution is 5.93. The first-order valence-corrected chi connectivity index (χ1v) is 5.95. The van der Waals surface area contributed by atoms with Crippen molar-refractivity contribution in [1.29, 1.82) is 0 Å². The van der Waals surface area contributed by atoms with Crippen LogP contribution in [0.4, 0.5) is 4.79 Å². The largest absolute Gasteiger partial charge is 0.481 e. The highest BCUT2D eigenvalue weighted by atomic mass is 16.6. The van der Waals surface area contributed by atoms with Gasteiger partial charge in [0.05, 0.1) is 5.92 Å². The van der Waals surface area contributed by atoms with Gasteiger partial charge in [-0.2, -0.15) is 0 Å². The van der Waals surface area contributed by atoms with Crippen LogP contribution in [0, 0.1) is 11.8 Å². The van der Waals surface area contributed by atoms with Gasteiger partial charge in [0.25, 0.3) is 0 Å². The molecule has 6 nitrogen and oxygen atoms in total. The fourth-order valence-electron chi connectivity index (χ4n) is 1.95. The maximum Gasteiger partial charge on any atom is 0.414 e. The van der Waals surface area contributed by atoms with Gasteiger partial charge < -0.3 is 9.84 Å². The van der Waals surface area contributed by atoms with Gasteiger partial charge in [-0.1, -0.05) is 0 Å². The molecule has 2 amide bonds. The highest BCUT2D eigenvalue weighted by Crippen LogP contribution is 2.31. The van der Waals surface area contributed by atoms with E-state index >= 15 is 0 Å². The van der Waals surface area contributed by atoms with Crippen LogP contribution in [-0.2, 0) is 14.3 Å². The Kier molecular flexibility index (Phi) is 4.32. The lowest BCUT2D eigenvalue weighted by molar-refractivity contribution is -0.141. The molecule has 1 aliphatic carbocycles. The molecule has 18 heavy (non-hydrogen) atoms. The van der Waals surface area contributed by atoms with Crippen molar-refractivity contribution >= 4 is 18.0 Å². The van der Waals surface area contributed by atoms with E-state index in [1.54, 1.807) is 20.8 Å². The molecule has 6 heteroatoms. The summed E-state index contributed by atoms with van der Waals surface area (Å²) >= 11 is 0. The minimum absolute atomic E-state index is 0.282. The van der Waals surface area contributed by atoms with E-state index in [-0.39, 0.29) is 6.42 Å². The molecule has 0 aromatic carbocycles. The molecule has 2 atom stereocenters. The first kappa shape index (κ1) is 14.5. The van der Waals surface area contributed by atoms with E-state index in [1.807, 2.05) is 0 Å². The number of hydrogen-bond donors (Lipinski definition) is 2. The zero-order valence-corrected chi connectivity index (χ0v) is 10.9. The van der Waals surface area contributed by atoms with Gasteiger partial charge in [-0.25, -0.2) is 4.79 Å². The number of ether oxygens (including phenoxy) is 1. The van der Waals surface area contributed by atoms with Gasteiger partial charge in [0, 0.05) is 5.92 Å². The van der Waals surface area contributed by atoms with Gasteiger partial charge in [0.15, 0.2) is 0 Å². The van der Waals surface area contributed by atoms with E-state index in [1.165, 1.54) is 0 Å². The molecule has 2 unspecified atom stereocenters. The van der Waals surface area contributed by atoms with Crippen molar-refractivity contribution in [2.75, 3.05) is 0 Å². The Labute approximate surface area is 106 Å². The lowest BCUT2D eigenvalue weighted by Crippen LogP contribution is -2.39. The predicted molar refractivity (Wildman–Crippen MR) is 62.8 cm³/mol. The molecule has 0 aromatic heterocycles. The van der Waals surface area contributed by atoms with Gasteiger partial charge in [-0.05, 0) is 40.0 Å². The van der Waals surface area contributed by atoms with Crippen molar-refractivity contribution in [3.8, 4) is 0 Å².